The molecule has 1 amide bonds. The average molecular weight is 297 g/mol. The number of hydrogen-bond acceptors (Lipinski definition) is 3. The summed E-state index contributed by atoms with van der Waals surface area (Å²) in [7, 11) is 3.32. The molecule has 4 nitrogen and oxygen atoms in total. The van der Waals surface area contributed by atoms with E-state index in [1.807, 2.05) is 41.3 Å². The Hall–Kier alpha value is -2.33. The van der Waals surface area contributed by atoms with Gasteiger partial charge in [-0.3, -0.25) is 4.79 Å². The highest BCUT2D eigenvalue weighted by atomic mass is 16.5. The second kappa shape index (κ2) is 6.20. The summed E-state index contributed by atoms with van der Waals surface area (Å²) in [4.78, 5) is 13.9. The van der Waals surface area contributed by atoms with Crippen molar-refractivity contribution >= 4 is 11.6 Å². The topological polar surface area (TPSA) is 38.8 Å². The van der Waals surface area contributed by atoms with Crippen molar-refractivity contribution in [3.8, 4) is 5.75 Å². The first-order chi connectivity index (χ1) is 10.7. The maximum Gasteiger partial charge on any atom is 0.230 e. The summed E-state index contributed by atoms with van der Waals surface area (Å²) in [6.07, 6.45) is 0.551. The van der Waals surface area contributed by atoms with E-state index in [0.717, 1.165) is 22.6 Å². The van der Waals surface area contributed by atoms with Gasteiger partial charge < -0.3 is 14.4 Å². The highest BCUT2D eigenvalue weighted by Crippen LogP contribution is 2.39. The fraction of sp³-hybridized carbons (Fsp3) is 0.278. The van der Waals surface area contributed by atoms with E-state index in [1.165, 1.54) is 0 Å². The molecule has 4 heteroatoms. The van der Waals surface area contributed by atoms with Crippen LogP contribution in [0.5, 0.6) is 5.75 Å². The van der Waals surface area contributed by atoms with E-state index in [-0.39, 0.29) is 11.9 Å². The molecule has 3 rings (SSSR count). The minimum atomic E-state index is 0.109. The van der Waals surface area contributed by atoms with Gasteiger partial charge in [-0.2, -0.15) is 0 Å². The molecule has 1 atom stereocenters. The molecule has 1 heterocycles. The van der Waals surface area contributed by atoms with Crippen LogP contribution in [0.15, 0.2) is 48.5 Å². The Morgan fingerprint density at radius 3 is 2.27 bits per heavy atom. The van der Waals surface area contributed by atoms with Crippen LogP contribution >= 0.6 is 0 Å². The highest BCUT2D eigenvalue weighted by molar-refractivity contribution is 6.01. The molecule has 2 aromatic rings. The number of β-lactam (4-membered cyclic amide) rings is 1. The molecule has 0 N–H and O–H groups in total. The summed E-state index contributed by atoms with van der Waals surface area (Å²) >= 11 is 0. The Labute approximate surface area is 130 Å². The summed E-state index contributed by atoms with van der Waals surface area (Å²) in [5.41, 5.74) is 3.19. The molecule has 1 aliphatic heterocycles. The molecular weight excluding hydrogens is 278 g/mol. The van der Waals surface area contributed by atoms with Crippen molar-refractivity contribution in [3.05, 3.63) is 59.7 Å². The summed E-state index contributed by atoms with van der Waals surface area (Å²) in [5, 5.41) is 0. The molecule has 22 heavy (non-hydrogen) atoms. The predicted octanol–water partition coefficient (Wildman–Crippen LogP) is 3.32. The minimum Gasteiger partial charge on any atom is -0.497 e. The van der Waals surface area contributed by atoms with Gasteiger partial charge in [-0.25, -0.2) is 0 Å². The van der Waals surface area contributed by atoms with E-state index in [2.05, 4.69) is 12.1 Å². The van der Waals surface area contributed by atoms with Crippen molar-refractivity contribution < 1.29 is 14.3 Å². The summed E-state index contributed by atoms with van der Waals surface area (Å²) < 4.78 is 10.3. The van der Waals surface area contributed by atoms with Crippen LogP contribution in [0, 0.1) is 0 Å². The molecule has 0 spiro atoms. The molecular formula is C18H19NO3. The number of nitrogens with zero attached hydrogens (tertiary/aromatic N) is 1. The van der Waals surface area contributed by atoms with Crippen LogP contribution in [-0.2, 0) is 16.1 Å². The lowest BCUT2D eigenvalue weighted by Crippen LogP contribution is -2.46. The zero-order chi connectivity index (χ0) is 15.5. The smallest absolute Gasteiger partial charge is 0.230 e. The first kappa shape index (κ1) is 14.6. The maximum atomic E-state index is 12.0. The molecule has 114 valence electrons. The molecule has 2 aromatic carbocycles. The number of carbonyl (C=O) groups is 1. The third-order valence-electron chi connectivity index (χ3n) is 3.97. The van der Waals surface area contributed by atoms with Crippen LogP contribution in [0.25, 0.3) is 0 Å². The quantitative estimate of drug-likeness (QED) is 0.795. The number of anilines is 1. The lowest BCUT2D eigenvalue weighted by molar-refractivity contribution is -0.124. The zero-order valence-electron chi connectivity index (χ0n) is 12.8. The number of methoxy groups -OCH3 is 2. The normalized spacial score (nSPS) is 17.3. The lowest BCUT2D eigenvalue weighted by atomic mass is 9.92. The van der Waals surface area contributed by atoms with Gasteiger partial charge in [0.15, 0.2) is 0 Å². The fourth-order valence-corrected chi connectivity index (χ4v) is 2.75. The Kier molecular flexibility index (Phi) is 4.11. The van der Waals surface area contributed by atoms with Crippen LogP contribution in [0.3, 0.4) is 0 Å². The Bertz CT molecular complexity index is 649. The Morgan fingerprint density at radius 1 is 1.05 bits per heavy atom. The van der Waals surface area contributed by atoms with Gasteiger partial charge in [-0.1, -0.05) is 24.3 Å². The first-order valence-electron chi connectivity index (χ1n) is 7.27. The summed E-state index contributed by atoms with van der Waals surface area (Å²) in [5.74, 6) is 0.938. The van der Waals surface area contributed by atoms with Crippen LogP contribution in [0.2, 0.25) is 0 Å². The molecule has 0 radical (unpaired) electrons. The third kappa shape index (κ3) is 2.70. The number of hydrogen-bond donors (Lipinski definition) is 0. The molecule has 1 saturated heterocycles. The fourth-order valence-electron chi connectivity index (χ4n) is 2.75. The van der Waals surface area contributed by atoms with Gasteiger partial charge >= 0.3 is 0 Å². The largest absolute Gasteiger partial charge is 0.497 e. The van der Waals surface area contributed by atoms with Crippen molar-refractivity contribution in [2.45, 2.75) is 19.1 Å². The van der Waals surface area contributed by atoms with E-state index in [0.29, 0.717) is 13.0 Å². The van der Waals surface area contributed by atoms with E-state index in [9.17, 15) is 4.79 Å². The summed E-state index contributed by atoms with van der Waals surface area (Å²) in [6, 6.07) is 15.9. The number of ether oxygens (including phenoxy) is 2. The number of benzene rings is 2. The van der Waals surface area contributed by atoms with E-state index in [1.54, 1.807) is 14.2 Å². The highest BCUT2D eigenvalue weighted by Gasteiger charge is 2.38. The number of amides is 1. The van der Waals surface area contributed by atoms with Gasteiger partial charge in [-0.05, 0) is 35.4 Å². The molecule has 0 unspecified atom stereocenters. The second-order valence-electron chi connectivity index (χ2n) is 5.36. The molecule has 0 bridgehead atoms. The van der Waals surface area contributed by atoms with Crippen molar-refractivity contribution in [1.29, 1.82) is 0 Å². The lowest BCUT2D eigenvalue weighted by Gasteiger charge is -2.40. The maximum absolute atomic E-state index is 12.0. The Balaban J connectivity index is 1.80. The summed E-state index contributed by atoms with van der Waals surface area (Å²) in [6.45, 7) is 0.603. The van der Waals surface area contributed by atoms with Gasteiger partial charge in [0.1, 0.15) is 5.75 Å². The molecule has 0 aliphatic carbocycles. The number of rotatable bonds is 5. The molecule has 1 fully saturated rings. The standard InChI is InChI=1S/C18H19NO3/c1-21-12-13-3-5-14(6-4-13)17-11-18(20)19(17)15-7-9-16(22-2)10-8-15/h3-10,17H,11-12H2,1-2H3/t17-/m0/s1. The van der Waals surface area contributed by atoms with Gasteiger partial charge in [0.2, 0.25) is 5.91 Å². The molecule has 0 saturated carbocycles. The van der Waals surface area contributed by atoms with Crippen molar-refractivity contribution in [2.24, 2.45) is 0 Å². The van der Waals surface area contributed by atoms with E-state index < -0.39 is 0 Å². The molecule has 1 aliphatic rings. The van der Waals surface area contributed by atoms with Gasteiger partial charge in [0, 0.05) is 12.8 Å². The van der Waals surface area contributed by atoms with Gasteiger partial charge in [-0.15, -0.1) is 0 Å². The molecule has 0 aromatic heterocycles. The van der Waals surface area contributed by atoms with Crippen molar-refractivity contribution in [3.63, 3.8) is 0 Å². The average Bonchev–Trinajstić information content (AvgIpc) is 2.54. The van der Waals surface area contributed by atoms with Gasteiger partial charge in [0.05, 0.1) is 26.2 Å². The number of carbonyl (C=O) groups excluding carboxylic acids is 1. The van der Waals surface area contributed by atoms with E-state index >= 15 is 0 Å². The minimum absolute atomic E-state index is 0.109. The van der Waals surface area contributed by atoms with Gasteiger partial charge in [0.25, 0.3) is 0 Å². The van der Waals surface area contributed by atoms with Crippen molar-refractivity contribution in [2.75, 3.05) is 19.1 Å². The SMILES string of the molecule is COCc1ccc([C@@H]2CC(=O)N2c2ccc(OC)cc2)cc1. The monoisotopic (exact) mass is 297 g/mol. The van der Waals surface area contributed by atoms with E-state index in [4.69, 9.17) is 9.47 Å². The van der Waals surface area contributed by atoms with Crippen LogP contribution in [-0.4, -0.2) is 20.1 Å². The van der Waals surface area contributed by atoms with Crippen LogP contribution in [0.4, 0.5) is 5.69 Å². The van der Waals surface area contributed by atoms with Crippen LogP contribution in [0.1, 0.15) is 23.6 Å². The van der Waals surface area contributed by atoms with Crippen LogP contribution < -0.4 is 9.64 Å². The Morgan fingerprint density at radius 2 is 1.73 bits per heavy atom. The predicted molar refractivity (Wildman–Crippen MR) is 85.0 cm³/mol. The zero-order valence-corrected chi connectivity index (χ0v) is 12.8. The third-order valence-corrected chi connectivity index (χ3v) is 3.97. The van der Waals surface area contributed by atoms with Crippen molar-refractivity contribution in [1.82, 2.24) is 0 Å². The first-order valence-corrected chi connectivity index (χ1v) is 7.27. The second-order valence-corrected chi connectivity index (χ2v) is 5.36.